The van der Waals surface area contributed by atoms with Gasteiger partial charge in [-0.25, -0.2) is 4.79 Å². The Morgan fingerprint density at radius 2 is 1.76 bits per heavy atom. The molecular weight excluding hydrogens is 380 g/mol. The lowest BCUT2D eigenvalue weighted by Crippen LogP contribution is -2.44. The van der Waals surface area contributed by atoms with Crippen molar-refractivity contribution in [1.82, 2.24) is 20.6 Å². The van der Waals surface area contributed by atoms with E-state index in [0.29, 0.717) is 5.06 Å². The Bertz CT molecular complexity index is 622. The lowest BCUT2D eigenvalue weighted by atomic mass is 10.2. The van der Waals surface area contributed by atoms with Crippen molar-refractivity contribution in [3.63, 3.8) is 0 Å². The number of rotatable bonds is 11. The van der Waals surface area contributed by atoms with E-state index >= 15 is 0 Å². The molecule has 4 amide bonds. The summed E-state index contributed by atoms with van der Waals surface area (Å²) in [6, 6.07) is -0.115. The van der Waals surface area contributed by atoms with Crippen LogP contribution < -0.4 is 10.6 Å². The zero-order valence-corrected chi connectivity index (χ0v) is 16.9. The maximum Gasteiger partial charge on any atom is 0.334 e. The number of carbonyl (C=O) groups excluding carboxylic acids is 5. The highest BCUT2D eigenvalue weighted by atomic mass is 16.7. The van der Waals surface area contributed by atoms with Gasteiger partial charge < -0.3 is 15.5 Å². The van der Waals surface area contributed by atoms with E-state index < -0.39 is 17.8 Å². The molecule has 0 spiro atoms. The van der Waals surface area contributed by atoms with E-state index in [1.54, 1.807) is 0 Å². The summed E-state index contributed by atoms with van der Waals surface area (Å²) < 4.78 is 0. The van der Waals surface area contributed by atoms with Crippen LogP contribution in [0.3, 0.4) is 0 Å². The first-order chi connectivity index (χ1) is 13.9. The van der Waals surface area contributed by atoms with Crippen molar-refractivity contribution in [1.29, 1.82) is 0 Å². The predicted octanol–water partition coefficient (Wildman–Crippen LogP) is -0.129. The maximum atomic E-state index is 12.3. The molecule has 2 fully saturated rings. The fraction of sp³-hybridized carbons (Fsp3) is 0.737. The van der Waals surface area contributed by atoms with Gasteiger partial charge in [0.1, 0.15) is 0 Å². The van der Waals surface area contributed by atoms with Crippen LogP contribution in [0.5, 0.6) is 0 Å². The van der Waals surface area contributed by atoms with Crippen LogP contribution in [0.25, 0.3) is 0 Å². The number of likely N-dealkylation sites (tertiary alicyclic amines) is 1. The van der Waals surface area contributed by atoms with E-state index in [-0.39, 0.29) is 56.6 Å². The summed E-state index contributed by atoms with van der Waals surface area (Å²) in [5.41, 5.74) is 0. The van der Waals surface area contributed by atoms with Crippen LogP contribution in [0.4, 0.5) is 0 Å². The first-order valence-electron chi connectivity index (χ1n) is 10.3. The van der Waals surface area contributed by atoms with E-state index in [1.165, 1.54) is 0 Å². The van der Waals surface area contributed by atoms with Gasteiger partial charge in [0.2, 0.25) is 11.8 Å². The molecule has 0 aromatic rings. The summed E-state index contributed by atoms with van der Waals surface area (Å²) in [6.45, 7) is 4.22. The molecule has 0 radical (unpaired) electrons. The molecule has 29 heavy (non-hydrogen) atoms. The number of carbonyl (C=O) groups is 5. The molecule has 10 nitrogen and oxygen atoms in total. The first-order valence-corrected chi connectivity index (χ1v) is 10.3. The molecule has 2 saturated heterocycles. The van der Waals surface area contributed by atoms with Gasteiger partial charge in [-0.05, 0) is 32.4 Å². The number of imide groups is 1. The van der Waals surface area contributed by atoms with Gasteiger partial charge in [0.15, 0.2) is 0 Å². The molecule has 2 N–H and O–H groups in total. The molecule has 2 aliphatic heterocycles. The number of nitrogens with one attached hydrogen (secondary N) is 2. The fourth-order valence-corrected chi connectivity index (χ4v) is 3.37. The number of hydroxylamine groups is 2. The van der Waals surface area contributed by atoms with Crippen LogP contribution in [0.2, 0.25) is 0 Å². The highest BCUT2D eigenvalue weighted by Gasteiger charge is 2.32. The second kappa shape index (κ2) is 11.5. The van der Waals surface area contributed by atoms with Crippen LogP contribution in [0.15, 0.2) is 0 Å². The third-order valence-electron chi connectivity index (χ3n) is 4.97. The van der Waals surface area contributed by atoms with Gasteiger partial charge in [0.05, 0.1) is 12.5 Å². The third-order valence-corrected chi connectivity index (χ3v) is 4.97. The molecule has 0 aromatic carbocycles. The van der Waals surface area contributed by atoms with Gasteiger partial charge in [-0.2, -0.15) is 0 Å². The lowest BCUT2D eigenvalue weighted by Gasteiger charge is -2.23. The Hall–Kier alpha value is -2.49. The number of hydrogen-bond acceptors (Lipinski definition) is 7. The highest BCUT2D eigenvalue weighted by Crippen LogP contribution is 2.17. The summed E-state index contributed by atoms with van der Waals surface area (Å²) in [7, 11) is 0. The average molecular weight is 410 g/mol. The molecule has 10 heteroatoms. The normalized spacial score (nSPS) is 19.5. The van der Waals surface area contributed by atoms with E-state index in [9.17, 15) is 24.0 Å². The summed E-state index contributed by atoms with van der Waals surface area (Å²) in [6.07, 6.45) is 4.00. The van der Waals surface area contributed by atoms with Gasteiger partial charge in [-0.1, -0.05) is 13.3 Å². The third kappa shape index (κ3) is 7.12. The van der Waals surface area contributed by atoms with Gasteiger partial charge in [-0.15, -0.1) is 5.06 Å². The van der Waals surface area contributed by atoms with Crippen molar-refractivity contribution in [3.8, 4) is 0 Å². The molecule has 0 unspecified atom stereocenters. The molecule has 0 saturated carbocycles. The number of nitrogens with zero attached hydrogens (tertiary/aromatic N) is 2. The van der Waals surface area contributed by atoms with Crippen molar-refractivity contribution in [3.05, 3.63) is 0 Å². The summed E-state index contributed by atoms with van der Waals surface area (Å²) in [5, 5.41) is 5.83. The first kappa shape index (κ1) is 22.8. The molecule has 162 valence electrons. The van der Waals surface area contributed by atoms with Crippen molar-refractivity contribution in [2.75, 3.05) is 26.2 Å². The predicted molar refractivity (Wildman–Crippen MR) is 102 cm³/mol. The quantitative estimate of drug-likeness (QED) is 0.455. The van der Waals surface area contributed by atoms with E-state index in [2.05, 4.69) is 22.5 Å². The SMILES string of the molecule is CCCCN1CCC[C@H]1C(=O)NCCC(=O)NCCC(=O)ON1C(=O)CCC1=O. The van der Waals surface area contributed by atoms with Crippen LogP contribution in [0.1, 0.15) is 58.3 Å². The maximum absolute atomic E-state index is 12.3. The van der Waals surface area contributed by atoms with E-state index in [4.69, 9.17) is 4.84 Å². The Morgan fingerprint density at radius 3 is 2.45 bits per heavy atom. The monoisotopic (exact) mass is 410 g/mol. The zero-order valence-electron chi connectivity index (χ0n) is 16.9. The van der Waals surface area contributed by atoms with Crippen molar-refractivity contribution >= 4 is 29.6 Å². The molecule has 2 rings (SSSR count). The number of unbranched alkanes of at least 4 members (excludes halogenated alkanes) is 1. The fourth-order valence-electron chi connectivity index (χ4n) is 3.37. The standard InChI is InChI=1S/C19H30N4O6/c1-2-3-12-22-13-4-5-14(22)19(28)21-10-8-15(24)20-11-9-18(27)29-23-16(25)6-7-17(23)26/h14H,2-13H2,1H3,(H,20,24)(H,21,28)/t14-/m0/s1. The van der Waals surface area contributed by atoms with Gasteiger partial charge in [0, 0.05) is 32.4 Å². The van der Waals surface area contributed by atoms with Crippen LogP contribution in [0, 0.1) is 0 Å². The number of hydrogen-bond donors (Lipinski definition) is 2. The van der Waals surface area contributed by atoms with Crippen molar-refractivity contribution in [2.45, 2.75) is 64.3 Å². The van der Waals surface area contributed by atoms with Crippen LogP contribution in [-0.2, 0) is 28.8 Å². The second-order valence-electron chi connectivity index (χ2n) is 7.23. The Kier molecular flexibility index (Phi) is 9.04. The zero-order chi connectivity index (χ0) is 21.2. The molecule has 0 bridgehead atoms. The molecule has 0 aromatic heterocycles. The van der Waals surface area contributed by atoms with Crippen LogP contribution in [-0.4, -0.2) is 71.8 Å². The number of amides is 4. The Balaban J connectivity index is 1.57. The largest absolute Gasteiger partial charge is 0.355 e. The minimum atomic E-state index is -0.768. The molecule has 2 aliphatic rings. The average Bonchev–Trinajstić information content (AvgIpc) is 3.28. The summed E-state index contributed by atoms with van der Waals surface area (Å²) in [4.78, 5) is 65.4. The van der Waals surface area contributed by atoms with Crippen LogP contribution >= 0.6 is 0 Å². The van der Waals surface area contributed by atoms with Crippen molar-refractivity contribution in [2.24, 2.45) is 0 Å². The minimum Gasteiger partial charge on any atom is -0.355 e. The summed E-state index contributed by atoms with van der Waals surface area (Å²) >= 11 is 0. The molecule has 0 aliphatic carbocycles. The lowest BCUT2D eigenvalue weighted by molar-refractivity contribution is -0.197. The van der Waals surface area contributed by atoms with Gasteiger partial charge >= 0.3 is 5.97 Å². The second-order valence-corrected chi connectivity index (χ2v) is 7.23. The van der Waals surface area contributed by atoms with Gasteiger partial charge in [0.25, 0.3) is 11.8 Å². The highest BCUT2D eigenvalue weighted by molar-refractivity contribution is 6.01. The minimum absolute atomic E-state index is 0.0231. The molecule has 2 heterocycles. The topological polar surface area (TPSA) is 125 Å². The molecular formula is C19H30N4O6. The Labute approximate surface area is 170 Å². The van der Waals surface area contributed by atoms with E-state index in [0.717, 1.165) is 38.8 Å². The van der Waals surface area contributed by atoms with Gasteiger partial charge in [-0.3, -0.25) is 24.1 Å². The molecule has 1 atom stereocenters. The van der Waals surface area contributed by atoms with E-state index in [1.807, 2.05) is 0 Å². The summed E-state index contributed by atoms with van der Waals surface area (Å²) in [5.74, 6) is -2.21. The smallest absolute Gasteiger partial charge is 0.334 e. The van der Waals surface area contributed by atoms with Crippen molar-refractivity contribution < 1.29 is 28.8 Å². The Morgan fingerprint density at radius 1 is 1.07 bits per heavy atom.